The Kier molecular flexibility index (Phi) is 5.57. The van der Waals surface area contributed by atoms with Crippen LogP contribution >= 0.6 is 0 Å². The summed E-state index contributed by atoms with van der Waals surface area (Å²) in [5, 5.41) is 11.3. The molecule has 1 aliphatic heterocycles. The van der Waals surface area contributed by atoms with E-state index >= 15 is 0 Å². The van der Waals surface area contributed by atoms with Crippen LogP contribution in [0.2, 0.25) is 0 Å². The third-order valence-electron chi connectivity index (χ3n) is 2.68. The molecule has 7 heteroatoms. The molecule has 0 radical (unpaired) electrons. The molecule has 0 aromatic carbocycles. The number of aliphatic carboxylic acids is 1. The van der Waals surface area contributed by atoms with Gasteiger partial charge in [-0.05, 0) is 6.92 Å². The molecule has 1 fully saturated rings. The van der Waals surface area contributed by atoms with Gasteiger partial charge in [-0.3, -0.25) is 14.4 Å². The molecule has 2 amide bonds. The lowest BCUT2D eigenvalue weighted by atomic mass is 10.1. The van der Waals surface area contributed by atoms with Crippen molar-refractivity contribution < 1.29 is 24.2 Å². The van der Waals surface area contributed by atoms with Gasteiger partial charge in [0.2, 0.25) is 11.8 Å². The molecule has 0 spiro atoms. The number of nitrogens with zero attached hydrogens (tertiary/aromatic N) is 1. The lowest BCUT2D eigenvalue weighted by molar-refractivity contribution is -0.149. The van der Waals surface area contributed by atoms with Gasteiger partial charge in [-0.15, -0.1) is 0 Å². The number of carboxylic acids is 1. The minimum atomic E-state index is -1.10. The lowest BCUT2D eigenvalue weighted by Crippen LogP contribution is -2.57. The van der Waals surface area contributed by atoms with Crippen molar-refractivity contribution in [2.45, 2.75) is 25.8 Å². The summed E-state index contributed by atoms with van der Waals surface area (Å²) in [4.78, 5) is 35.5. The summed E-state index contributed by atoms with van der Waals surface area (Å²) in [5.74, 6) is -1.75. The van der Waals surface area contributed by atoms with E-state index in [0.717, 1.165) is 0 Å². The van der Waals surface area contributed by atoms with Crippen LogP contribution < -0.4 is 5.32 Å². The molecule has 1 saturated heterocycles. The molecule has 1 atom stereocenters. The smallest absolute Gasteiger partial charge is 0.305 e. The van der Waals surface area contributed by atoms with E-state index in [1.54, 1.807) is 0 Å². The quantitative estimate of drug-likeness (QED) is 0.609. The first-order valence-electron chi connectivity index (χ1n) is 5.93. The van der Waals surface area contributed by atoms with Crippen LogP contribution in [-0.2, 0) is 19.1 Å². The maximum Gasteiger partial charge on any atom is 0.305 e. The van der Waals surface area contributed by atoms with Crippen LogP contribution in [0.4, 0.5) is 0 Å². The molecule has 0 aliphatic carbocycles. The van der Waals surface area contributed by atoms with Gasteiger partial charge in [0.05, 0.1) is 19.4 Å². The number of amides is 2. The summed E-state index contributed by atoms with van der Waals surface area (Å²) < 4.78 is 5.07. The Bertz CT molecular complexity index is 331. The third kappa shape index (κ3) is 3.99. The topological polar surface area (TPSA) is 95.9 Å². The van der Waals surface area contributed by atoms with Gasteiger partial charge in [0.1, 0.15) is 6.04 Å². The van der Waals surface area contributed by atoms with E-state index in [2.05, 4.69) is 5.32 Å². The maximum absolute atomic E-state index is 11.9. The van der Waals surface area contributed by atoms with E-state index in [1.165, 1.54) is 4.90 Å². The van der Waals surface area contributed by atoms with E-state index in [1.807, 2.05) is 6.92 Å². The van der Waals surface area contributed by atoms with Crippen LogP contribution in [0.1, 0.15) is 19.8 Å². The second-order valence-corrected chi connectivity index (χ2v) is 3.94. The molecule has 0 aromatic rings. The normalized spacial score (nSPS) is 19.5. The predicted octanol–water partition coefficient (Wildman–Crippen LogP) is -0.785. The minimum Gasteiger partial charge on any atom is -0.481 e. The van der Waals surface area contributed by atoms with Crippen LogP contribution in [-0.4, -0.2) is 60.1 Å². The molecule has 102 valence electrons. The molecule has 0 bridgehead atoms. The highest BCUT2D eigenvalue weighted by Crippen LogP contribution is 2.10. The number of carbonyl (C=O) groups excluding carboxylic acids is 2. The summed E-state index contributed by atoms with van der Waals surface area (Å²) in [6.45, 7) is 3.33. The van der Waals surface area contributed by atoms with Crippen molar-refractivity contribution in [2.24, 2.45) is 0 Å². The molecule has 0 saturated carbocycles. The molecule has 1 unspecified atom stereocenters. The Morgan fingerprint density at radius 2 is 2.28 bits per heavy atom. The van der Waals surface area contributed by atoms with Gasteiger partial charge in [-0.1, -0.05) is 0 Å². The fourth-order valence-electron chi connectivity index (χ4n) is 1.83. The van der Waals surface area contributed by atoms with Crippen LogP contribution in [0, 0.1) is 0 Å². The fraction of sp³-hybridized carbons (Fsp3) is 0.727. The highest BCUT2D eigenvalue weighted by atomic mass is 16.5. The van der Waals surface area contributed by atoms with Gasteiger partial charge in [0.15, 0.2) is 0 Å². The van der Waals surface area contributed by atoms with Crippen LogP contribution in [0.5, 0.6) is 0 Å². The Morgan fingerprint density at radius 3 is 2.89 bits per heavy atom. The Balaban J connectivity index is 2.60. The largest absolute Gasteiger partial charge is 0.481 e. The zero-order valence-electron chi connectivity index (χ0n) is 10.3. The molecule has 7 nitrogen and oxygen atoms in total. The van der Waals surface area contributed by atoms with Gasteiger partial charge >= 0.3 is 5.97 Å². The van der Waals surface area contributed by atoms with Crippen LogP contribution in [0.3, 0.4) is 0 Å². The Labute approximate surface area is 105 Å². The molecule has 1 heterocycles. The van der Waals surface area contributed by atoms with E-state index in [4.69, 9.17) is 9.84 Å². The summed E-state index contributed by atoms with van der Waals surface area (Å²) in [6, 6.07) is -0.912. The maximum atomic E-state index is 11.9. The number of carbonyl (C=O) groups is 3. The number of hydrogen-bond donors (Lipinski definition) is 2. The summed E-state index contributed by atoms with van der Waals surface area (Å²) in [7, 11) is 0. The van der Waals surface area contributed by atoms with Gasteiger partial charge in [0.25, 0.3) is 0 Å². The van der Waals surface area contributed by atoms with Crippen molar-refractivity contribution in [1.82, 2.24) is 10.2 Å². The number of carboxylic acid groups (broad SMARTS) is 1. The first-order valence-corrected chi connectivity index (χ1v) is 5.93. The van der Waals surface area contributed by atoms with Crippen LogP contribution in [0.25, 0.3) is 0 Å². The van der Waals surface area contributed by atoms with Crippen LogP contribution in [0.15, 0.2) is 0 Å². The molecule has 1 rings (SSSR count). The average molecular weight is 258 g/mol. The number of hydrogen-bond acceptors (Lipinski definition) is 4. The lowest BCUT2D eigenvalue weighted by Gasteiger charge is -2.34. The Hall–Kier alpha value is -1.63. The van der Waals surface area contributed by atoms with Crippen molar-refractivity contribution >= 4 is 17.8 Å². The summed E-state index contributed by atoms with van der Waals surface area (Å²) >= 11 is 0. The number of ether oxygens (including phenoxy) is 1. The number of piperazine rings is 1. The van der Waals surface area contributed by atoms with Gasteiger partial charge in [0, 0.05) is 19.7 Å². The predicted molar refractivity (Wildman–Crippen MR) is 61.9 cm³/mol. The SMILES string of the molecule is CCOCCC(=O)N1CCNC(=O)C1CC(=O)O. The summed E-state index contributed by atoms with van der Waals surface area (Å²) in [5.41, 5.74) is 0. The van der Waals surface area contributed by atoms with Crippen molar-refractivity contribution in [1.29, 1.82) is 0 Å². The zero-order valence-corrected chi connectivity index (χ0v) is 10.3. The first kappa shape index (κ1) is 14.4. The molecule has 18 heavy (non-hydrogen) atoms. The summed E-state index contributed by atoms with van der Waals surface area (Å²) in [6.07, 6.45) is -0.205. The van der Waals surface area contributed by atoms with E-state index in [-0.39, 0.29) is 25.4 Å². The average Bonchev–Trinajstić information content (AvgIpc) is 2.31. The molecule has 1 aliphatic rings. The van der Waals surface area contributed by atoms with Crippen molar-refractivity contribution in [3.05, 3.63) is 0 Å². The highest BCUT2D eigenvalue weighted by molar-refractivity contribution is 5.91. The highest BCUT2D eigenvalue weighted by Gasteiger charge is 2.34. The van der Waals surface area contributed by atoms with Gasteiger partial charge in [-0.25, -0.2) is 0 Å². The van der Waals surface area contributed by atoms with Crippen molar-refractivity contribution in [3.63, 3.8) is 0 Å². The second-order valence-electron chi connectivity index (χ2n) is 3.94. The van der Waals surface area contributed by atoms with Crippen molar-refractivity contribution in [2.75, 3.05) is 26.3 Å². The second kappa shape index (κ2) is 6.95. The third-order valence-corrected chi connectivity index (χ3v) is 2.68. The monoisotopic (exact) mass is 258 g/mol. The van der Waals surface area contributed by atoms with E-state index in [0.29, 0.717) is 19.7 Å². The molecular weight excluding hydrogens is 240 g/mol. The van der Waals surface area contributed by atoms with Gasteiger partial charge in [-0.2, -0.15) is 0 Å². The van der Waals surface area contributed by atoms with Gasteiger partial charge < -0.3 is 20.1 Å². The van der Waals surface area contributed by atoms with E-state index < -0.39 is 17.9 Å². The molecule has 2 N–H and O–H groups in total. The minimum absolute atomic E-state index is 0.164. The Morgan fingerprint density at radius 1 is 1.56 bits per heavy atom. The van der Waals surface area contributed by atoms with E-state index in [9.17, 15) is 14.4 Å². The zero-order chi connectivity index (χ0) is 13.5. The first-order chi connectivity index (χ1) is 8.56. The number of rotatable bonds is 6. The van der Waals surface area contributed by atoms with Crippen molar-refractivity contribution in [3.8, 4) is 0 Å². The molecular formula is C11H18N2O5. The fourth-order valence-corrected chi connectivity index (χ4v) is 1.83. The number of nitrogens with one attached hydrogen (secondary N) is 1. The standard InChI is InChI=1S/C11H18N2O5/c1-2-18-6-3-9(14)13-5-4-12-11(17)8(13)7-10(15)16/h8H,2-7H2,1H3,(H,12,17)(H,15,16). The molecule has 0 aromatic heterocycles.